The number of benzene rings is 1. The van der Waals surface area contributed by atoms with Crippen LogP contribution in [0, 0.1) is 5.82 Å². The Hall–Kier alpha value is -1.46. The Morgan fingerprint density at radius 2 is 2.39 bits per heavy atom. The van der Waals surface area contributed by atoms with Gasteiger partial charge in [-0.1, -0.05) is 6.07 Å². The predicted octanol–water partition coefficient (Wildman–Crippen LogP) is 3.07. The molecule has 0 spiro atoms. The smallest absolute Gasteiger partial charge is 0.143 e. The van der Waals surface area contributed by atoms with Crippen molar-refractivity contribution in [3.63, 3.8) is 0 Å². The molecule has 1 aromatic heterocycles. The van der Waals surface area contributed by atoms with Crippen LogP contribution in [0.4, 0.5) is 4.39 Å². The maximum Gasteiger partial charge on any atom is 0.143 e. The van der Waals surface area contributed by atoms with Gasteiger partial charge in [0.2, 0.25) is 0 Å². The second-order valence-corrected chi connectivity index (χ2v) is 5.00. The second-order valence-electron chi connectivity index (χ2n) is 4.28. The third kappa shape index (κ3) is 2.00. The zero-order chi connectivity index (χ0) is 12.5. The average Bonchev–Trinajstić information content (AvgIpc) is 2.90. The molecule has 0 fully saturated rings. The van der Waals surface area contributed by atoms with Crippen LogP contribution in [0.2, 0.25) is 0 Å². The fourth-order valence-electron chi connectivity index (χ4n) is 2.28. The van der Waals surface area contributed by atoms with Gasteiger partial charge in [0.25, 0.3) is 0 Å². The van der Waals surface area contributed by atoms with Crippen molar-refractivity contribution in [1.29, 1.82) is 0 Å². The highest BCUT2D eigenvalue weighted by Gasteiger charge is 2.29. The van der Waals surface area contributed by atoms with Crippen LogP contribution in [-0.2, 0) is 0 Å². The number of halogens is 1. The van der Waals surface area contributed by atoms with Gasteiger partial charge in [-0.3, -0.25) is 0 Å². The molecule has 0 saturated carbocycles. The summed E-state index contributed by atoms with van der Waals surface area (Å²) in [6, 6.07) is 4.86. The highest BCUT2D eigenvalue weighted by atomic mass is 32.1. The van der Waals surface area contributed by atoms with Crippen LogP contribution in [-0.4, -0.2) is 12.0 Å². The van der Waals surface area contributed by atoms with Crippen LogP contribution in [0.25, 0.3) is 0 Å². The van der Waals surface area contributed by atoms with E-state index < -0.39 is 0 Å². The molecule has 18 heavy (non-hydrogen) atoms. The van der Waals surface area contributed by atoms with Crippen molar-refractivity contribution in [2.45, 2.75) is 18.6 Å². The fraction of sp³-hybridized carbons (Fsp3) is 0.308. The molecule has 0 radical (unpaired) electrons. The molecule has 2 atom stereocenters. The van der Waals surface area contributed by atoms with Crippen LogP contribution in [0.1, 0.15) is 29.8 Å². The number of nitrogens with zero attached hydrogens (tertiary/aromatic N) is 1. The van der Waals surface area contributed by atoms with Gasteiger partial charge in [0.1, 0.15) is 17.7 Å². The van der Waals surface area contributed by atoms with E-state index in [2.05, 4.69) is 10.3 Å². The summed E-state index contributed by atoms with van der Waals surface area (Å²) in [6.45, 7) is 0. The highest BCUT2D eigenvalue weighted by Crippen LogP contribution is 2.40. The predicted molar refractivity (Wildman–Crippen MR) is 68.3 cm³/mol. The van der Waals surface area contributed by atoms with E-state index in [0.717, 1.165) is 17.7 Å². The summed E-state index contributed by atoms with van der Waals surface area (Å²) in [5.41, 5.74) is 3.70. The van der Waals surface area contributed by atoms with E-state index in [9.17, 15) is 4.39 Å². The summed E-state index contributed by atoms with van der Waals surface area (Å²) in [5.74, 6) is 0.334. The lowest BCUT2D eigenvalue weighted by molar-refractivity contribution is 0.149. The van der Waals surface area contributed by atoms with Crippen molar-refractivity contribution < 1.29 is 9.13 Å². The first-order valence-corrected chi connectivity index (χ1v) is 6.73. The Balaban J connectivity index is 1.98. The van der Waals surface area contributed by atoms with E-state index in [4.69, 9.17) is 4.74 Å². The van der Waals surface area contributed by atoms with Gasteiger partial charge in [0, 0.05) is 29.5 Å². The molecular formula is C13H13FN2OS. The molecule has 3 rings (SSSR count). The van der Waals surface area contributed by atoms with E-state index >= 15 is 0 Å². The van der Waals surface area contributed by atoms with E-state index in [0.29, 0.717) is 5.75 Å². The summed E-state index contributed by atoms with van der Waals surface area (Å²) in [5, 5.41) is 5.22. The molecule has 0 bridgehead atoms. The molecular weight excluding hydrogens is 251 g/mol. The van der Waals surface area contributed by atoms with Crippen molar-refractivity contribution in [1.82, 2.24) is 10.3 Å². The molecule has 1 N–H and O–H groups in total. The van der Waals surface area contributed by atoms with Gasteiger partial charge >= 0.3 is 0 Å². The van der Waals surface area contributed by atoms with Crippen LogP contribution >= 0.6 is 11.3 Å². The number of rotatable bonds is 2. The van der Waals surface area contributed by atoms with Gasteiger partial charge in [0.05, 0.1) is 11.2 Å². The minimum Gasteiger partial charge on any atom is -0.484 e. The van der Waals surface area contributed by atoms with Crippen LogP contribution in [0.15, 0.2) is 29.1 Å². The Labute approximate surface area is 109 Å². The van der Waals surface area contributed by atoms with E-state index in [1.165, 1.54) is 12.1 Å². The Morgan fingerprint density at radius 3 is 3.11 bits per heavy atom. The maximum absolute atomic E-state index is 13.3. The molecule has 0 aliphatic carbocycles. The van der Waals surface area contributed by atoms with Crippen molar-refractivity contribution in [3.05, 3.63) is 46.2 Å². The second kappa shape index (κ2) is 4.66. The topological polar surface area (TPSA) is 34.2 Å². The van der Waals surface area contributed by atoms with Crippen molar-refractivity contribution in [2.75, 3.05) is 7.05 Å². The van der Waals surface area contributed by atoms with Crippen molar-refractivity contribution in [3.8, 4) is 5.75 Å². The van der Waals surface area contributed by atoms with Gasteiger partial charge in [-0.2, -0.15) is 0 Å². The summed E-state index contributed by atoms with van der Waals surface area (Å²) >= 11 is 1.54. The molecule has 0 saturated heterocycles. The SMILES string of the molecule is CNC1CC(c2cscn2)Oc2cc(F)ccc21. The van der Waals surface area contributed by atoms with Crippen molar-refractivity contribution >= 4 is 11.3 Å². The third-order valence-corrected chi connectivity index (χ3v) is 3.80. The molecule has 2 heterocycles. The number of aromatic nitrogens is 1. The van der Waals surface area contributed by atoms with Gasteiger partial charge in [0.15, 0.2) is 0 Å². The summed E-state index contributed by atoms with van der Waals surface area (Å²) in [7, 11) is 1.90. The van der Waals surface area contributed by atoms with Gasteiger partial charge in [-0.05, 0) is 13.1 Å². The summed E-state index contributed by atoms with van der Waals surface area (Å²) < 4.78 is 19.1. The van der Waals surface area contributed by atoms with Crippen molar-refractivity contribution in [2.24, 2.45) is 0 Å². The molecule has 1 aliphatic rings. The molecule has 3 nitrogen and oxygen atoms in total. The van der Waals surface area contributed by atoms with E-state index in [-0.39, 0.29) is 18.0 Å². The molecule has 1 aliphatic heterocycles. The highest BCUT2D eigenvalue weighted by molar-refractivity contribution is 7.07. The number of fused-ring (bicyclic) bond motifs is 1. The van der Waals surface area contributed by atoms with Gasteiger partial charge < -0.3 is 10.1 Å². The molecule has 1 aromatic carbocycles. The quantitative estimate of drug-likeness (QED) is 0.905. The van der Waals surface area contributed by atoms with Crippen LogP contribution < -0.4 is 10.1 Å². The number of hydrogen-bond acceptors (Lipinski definition) is 4. The summed E-state index contributed by atoms with van der Waals surface area (Å²) in [6.07, 6.45) is 0.696. The Kier molecular flexibility index (Phi) is 3.01. The molecule has 94 valence electrons. The lowest BCUT2D eigenvalue weighted by atomic mass is 9.95. The first kappa shape index (κ1) is 11.6. The van der Waals surface area contributed by atoms with Gasteiger partial charge in [-0.25, -0.2) is 9.37 Å². The average molecular weight is 264 g/mol. The largest absolute Gasteiger partial charge is 0.484 e. The van der Waals surface area contributed by atoms with Crippen LogP contribution in [0.5, 0.6) is 5.75 Å². The molecule has 2 unspecified atom stereocenters. The zero-order valence-corrected chi connectivity index (χ0v) is 10.7. The lowest BCUT2D eigenvalue weighted by Gasteiger charge is -2.31. The molecule has 2 aromatic rings. The number of ether oxygens (including phenoxy) is 1. The fourth-order valence-corrected chi connectivity index (χ4v) is 2.87. The minimum absolute atomic E-state index is 0.108. The third-order valence-electron chi connectivity index (χ3n) is 3.20. The molecule has 5 heteroatoms. The Bertz CT molecular complexity index is 544. The normalized spacial score (nSPS) is 22.3. The van der Waals surface area contributed by atoms with Crippen LogP contribution in [0.3, 0.4) is 0 Å². The minimum atomic E-state index is -0.275. The number of nitrogens with one attached hydrogen (secondary N) is 1. The first-order chi connectivity index (χ1) is 8.78. The van der Waals surface area contributed by atoms with E-state index in [1.807, 2.05) is 12.4 Å². The standard InChI is InChI=1S/C13H13FN2OS/c1-15-10-5-13(11-6-18-7-16-11)17-12-4-8(14)2-3-9(10)12/h2-4,6-7,10,13,15H,5H2,1H3. The number of thiazole rings is 1. The number of hydrogen-bond donors (Lipinski definition) is 1. The maximum atomic E-state index is 13.3. The van der Waals surface area contributed by atoms with Gasteiger partial charge in [-0.15, -0.1) is 11.3 Å². The monoisotopic (exact) mass is 264 g/mol. The Morgan fingerprint density at radius 1 is 1.50 bits per heavy atom. The zero-order valence-electron chi connectivity index (χ0n) is 9.89. The first-order valence-electron chi connectivity index (χ1n) is 5.79. The lowest BCUT2D eigenvalue weighted by Crippen LogP contribution is -2.27. The molecule has 0 amide bonds. The van der Waals surface area contributed by atoms with E-state index in [1.54, 1.807) is 22.9 Å². The summed E-state index contributed by atoms with van der Waals surface area (Å²) in [4.78, 5) is 4.28.